The Morgan fingerprint density at radius 1 is 1.03 bits per heavy atom. The van der Waals surface area contributed by atoms with Gasteiger partial charge >= 0.3 is 0 Å². The normalized spacial score (nSPS) is 16.6. The summed E-state index contributed by atoms with van der Waals surface area (Å²) in [6.07, 6.45) is 0. The second kappa shape index (κ2) is 9.76. The maximum atomic E-state index is 13.0. The molecule has 1 fully saturated rings. The summed E-state index contributed by atoms with van der Waals surface area (Å²) in [5, 5.41) is 13.6. The molecule has 1 saturated heterocycles. The van der Waals surface area contributed by atoms with Gasteiger partial charge in [-0.05, 0) is 36.6 Å². The van der Waals surface area contributed by atoms with Crippen LogP contribution in [0.25, 0.3) is 0 Å². The molecule has 32 heavy (non-hydrogen) atoms. The molecule has 9 nitrogen and oxygen atoms in total. The summed E-state index contributed by atoms with van der Waals surface area (Å²) in [4.78, 5) is 25.2. The van der Waals surface area contributed by atoms with Gasteiger partial charge in [0.15, 0.2) is 0 Å². The number of sulfonamides is 1. The van der Waals surface area contributed by atoms with Crippen LogP contribution in [0.4, 0.5) is 11.4 Å². The molecule has 0 aliphatic carbocycles. The number of nitro groups is 1. The molecule has 1 atom stereocenters. The Kier molecular flexibility index (Phi) is 7.27. The van der Waals surface area contributed by atoms with Crippen LogP contribution in [0.3, 0.4) is 0 Å². The first kappa shape index (κ1) is 23.8. The van der Waals surface area contributed by atoms with Crippen molar-refractivity contribution in [3.8, 4) is 0 Å². The second-order valence-corrected chi connectivity index (χ2v) is 10.1. The number of carbonyl (C=O) groups is 1. The Hall–Kier alpha value is -2.82. The lowest BCUT2D eigenvalue weighted by atomic mass is 10.0. The Labute approximate surface area is 188 Å². The fourth-order valence-corrected chi connectivity index (χ4v) is 5.04. The first-order valence-electron chi connectivity index (χ1n) is 10.5. The lowest BCUT2D eigenvalue weighted by Gasteiger charge is -2.36. The van der Waals surface area contributed by atoms with E-state index in [2.05, 4.69) is 19.2 Å². The number of rotatable bonds is 7. The molecule has 0 saturated carbocycles. The van der Waals surface area contributed by atoms with Gasteiger partial charge in [-0.1, -0.05) is 32.0 Å². The summed E-state index contributed by atoms with van der Waals surface area (Å²) in [6, 6.07) is 12.2. The maximum absolute atomic E-state index is 13.0. The average molecular weight is 461 g/mol. The molecule has 0 radical (unpaired) electrons. The van der Waals surface area contributed by atoms with E-state index in [0.29, 0.717) is 24.7 Å². The van der Waals surface area contributed by atoms with E-state index in [-0.39, 0.29) is 29.6 Å². The van der Waals surface area contributed by atoms with Crippen molar-refractivity contribution in [2.45, 2.75) is 37.6 Å². The Bertz CT molecular complexity index is 1080. The summed E-state index contributed by atoms with van der Waals surface area (Å²) in [7, 11) is -3.59. The summed E-state index contributed by atoms with van der Waals surface area (Å²) in [6.45, 7) is 7.23. The highest BCUT2D eigenvalue weighted by Gasteiger charge is 2.32. The summed E-state index contributed by atoms with van der Waals surface area (Å²) >= 11 is 0. The number of benzene rings is 2. The fourth-order valence-electron chi connectivity index (χ4n) is 3.61. The lowest BCUT2D eigenvalue weighted by molar-refractivity contribution is -0.384. The highest BCUT2D eigenvalue weighted by atomic mass is 32.2. The van der Waals surface area contributed by atoms with Gasteiger partial charge in [0.25, 0.3) is 5.69 Å². The van der Waals surface area contributed by atoms with Gasteiger partial charge in [0, 0.05) is 44.0 Å². The van der Waals surface area contributed by atoms with Crippen molar-refractivity contribution in [1.82, 2.24) is 9.21 Å². The van der Waals surface area contributed by atoms with Crippen molar-refractivity contribution in [3.63, 3.8) is 0 Å². The summed E-state index contributed by atoms with van der Waals surface area (Å²) in [5.41, 5.74) is 1.33. The molecule has 1 heterocycles. The molecule has 2 aromatic rings. The number of nitro benzene ring substituents is 1. The minimum atomic E-state index is -3.59. The first-order valence-corrected chi connectivity index (χ1v) is 11.9. The van der Waals surface area contributed by atoms with E-state index < -0.39 is 21.0 Å². The molecular formula is C22H28N4O5S. The van der Waals surface area contributed by atoms with Crippen LogP contribution in [0.2, 0.25) is 0 Å². The van der Waals surface area contributed by atoms with Crippen molar-refractivity contribution in [2.75, 3.05) is 31.5 Å². The minimum Gasteiger partial charge on any atom is -0.324 e. The predicted octanol–water partition coefficient (Wildman–Crippen LogP) is 3.05. The molecule has 0 spiro atoms. The number of nitrogens with zero attached hydrogens (tertiary/aromatic N) is 3. The smallest absolute Gasteiger partial charge is 0.271 e. The highest BCUT2D eigenvalue weighted by molar-refractivity contribution is 7.89. The zero-order valence-electron chi connectivity index (χ0n) is 18.4. The monoisotopic (exact) mass is 460 g/mol. The van der Waals surface area contributed by atoms with Crippen LogP contribution >= 0.6 is 0 Å². The quantitative estimate of drug-likeness (QED) is 0.502. The van der Waals surface area contributed by atoms with E-state index in [1.165, 1.54) is 22.5 Å². The van der Waals surface area contributed by atoms with Gasteiger partial charge in [0.2, 0.25) is 15.9 Å². The van der Waals surface area contributed by atoms with Crippen LogP contribution in [0.1, 0.15) is 32.3 Å². The highest BCUT2D eigenvalue weighted by Crippen LogP contribution is 2.22. The number of hydrogen-bond donors (Lipinski definition) is 1. The molecule has 1 N–H and O–H groups in total. The molecule has 0 unspecified atom stereocenters. The Morgan fingerprint density at radius 2 is 1.66 bits per heavy atom. The SMILES string of the molecule is CC(C)c1ccc(S(=O)(=O)N2CCN([C@H](C)C(=O)Nc3cccc([N+](=O)[O-])c3)CC2)cc1. The number of amides is 1. The molecule has 1 amide bonds. The van der Waals surface area contributed by atoms with E-state index in [0.717, 1.165) is 5.56 Å². The predicted molar refractivity (Wildman–Crippen MR) is 122 cm³/mol. The average Bonchev–Trinajstić information content (AvgIpc) is 2.78. The number of non-ortho nitro benzene ring substituents is 1. The first-order chi connectivity index (χ1) is 15.1. The van der Waals surface area contributed by atoms with E-state index >= 15 is 0 Å². The van der Waals surface area contributed by atoms with E-state index in [1.807, 2.05) is 17.0 Å². The molecule has 0 bridgehead atoms. The standard InChI is InChI=1S/C22H28N4O5S/c1-16(2)18-7-9-21(10-8-18)32(30,31)25-13-11-24(12-14-25)17(3)22(27)23-19-5-4-6-20(15-19)26(28)29/h4-10,15-17H,11-14H2,1-3H3,(H,23,27)/t17-/m1/s1. The molecule has 10 heteroatoms. The summed E-state index contributed by atoms with van der Waals surface area (Å²) in [5.74, 6) is 0.0241. The van der Waals surface area contributed by atoms with Gasteiger partial charge in [0.05, 0.1) is 15.9 Å². The van der Waals surface area contributed by atoms with Crippen molar-refractivity contribution in [2.24, 2.45) is 0 Å². The van der Waals surface area contributed by atoms with Crippen LogP contribution in [0, 0.1) is 10.1 Å². The number of carbonyl (C=O) groups excluding carboxylic acids is 1. The Balaban J connectivity index is 1.60. The minimum absolute atomic E-state index is 0.101. The van der Waals surface area contributed by atoms with E-state index in [1.54, 1.807) is 25.1 Å². The molecule has 3 rings (SSSR count). The molecule has 2 aromatic carbocycles. The zero-order chi connectivity index (χ0) is 23.5. The Morgan fingerprint density at radius 3 is 2.22 bits per heavy atom. The number of nitrogens with one attached hydrogen (secondary N) is 1. The number of anilines is 1. The topological polar surface area (TPSA) is 113 Å². The van der Waals surface area contributed by atoms with E-state index in [4.69, 9.17) is 0 Å². The van der Waals surface area contributed by atoms with Crippen molar-refractivity contribution in [1.29, 1.82) is 0 Å². The molecular weight excluding hydrogens is 432 g/mol. The van der Waals surface area contributed by atoms with Gasteiger partial charge in [0.1, 0.15) is 0 Å². The van der Waals surface area contributed by atoms with Crippen molar-refractivity contribution in [3.05, 3.63) is 64.2 Å². The molecule has 1 aliphatic rings. The van der Waals surface area contributed by atoms with Gasteiger partial charge < -0.3 is 5.32 Å². The van der Waals surface area contributed by atoms with Crippen LogP contribution in [-0.2, 0) is 14.8 Å². The number of piperazine rings is 1. The third-order valence-corrected chi connectivity index (χ3v) is 7.62. The van der Waals surface area contributed by atoms with E-state index in [9.17, 15) is 23.3 Å². The van der Waals surface area contributed by atoms with Crippen LogP contribution in [0.5, 0.6) is 0 Å². The second-order valence-electron chi connectivity index (χ2n) is 8.14. The molecule has 172 valence electrons. The van der Waals surface area contributed by atoms with Gasteiger partial charge in [-0.3, -0.25) is 19.8 Å². The third kappa shape index (κ3) is 5.32. The third-order valence-electron chi connectivity index (χ3n) is 5.71. The largest absolute Gasteiger partial charge is 0.324 e. The summed E-state index contributed by atoms with van der Waals surface area (Å²) < 4.78 is 27.4. The van der Waals surface area contributed by atoms with Crippen molar-refractivity contribution < 1.29 is 18.1 Å². The zero-order valence-corrected chi connectivity index (χ0v) is 19.2. The van der Waals surface area contributed by atoms with Gasteiger partial charge in [-0.15, -0.1) is 0 Å². The lowest BCUT2D eigenvalue weighted by Crippen LogP contribution is -2.53. The molecule has 1 aliphatic heterocycles. The van der Waals surface area contributed by atoms with Gasteiger partial charge in [-0.25, -0.2) is 8.42 Å². The van der Waals surface area contributed by atoms with Crippen LogP contribution < -0.4 is 5.32 Å². The fraction of sp³-hybridized carbons (Fsp3) is 0.409. The van der Waals surface area contributed by atoms with Crippen LogP contribution in [-0.4, -0.2) is 60.7 Å². The van der Waals surface area contributed by atoms with Crippen LogP contribution in [0.15, 0.2) is 53.4 Å². The van der Waals surface area contributed by atoms with Crippen molar-refractivity contribution >= 4 is 27.3 Å². The van der Waals surface area contributed by atoms with Gasteiger partial charge in [-0.2, -0.15) is 4.31 Å². The molecule has 0 aromatic heterocycles. The maximum Gasteiger partial charge on any atom is 0.271 e. The number of hydrogen-bond acceptors (Lipinski definition) is 6.